The van der Waals surface area contributed by atoms with Gasteiger partial charge in [-0.15, -0.1) is 0 Å². The van der Waals surface area contributed by atoms with Crippen LogP contribution in [-0.2, 0) is 23.8 Å². The molecule has 0 aromatic heterocycles. The van der Waals surface area contributed by atoms with Crippen molar-refractivity contribution >= 4 is 11.9 Å². The second kappa shape index (κ2) is 10.1. The summed E-state index contributed by atoms with van der Waals surface area (Å²) in [4.78, 5) is 25.1. The van der Waals surface area contributed by atoms with Crippen LogP contribution in [0, 0.1) is 5.92 Å². The molecule has 144 valence electrons. The first-order valence-electron chi connectivity index (χ1n) is 10.2. The molecule has 1 aliphatic heterocycles. The molecule has 0 bridgehead atoms. The monoisotopic (exact) mass is 354 g/mol. The fourth-order valence-electron chi connectivity index (χ4n) is 3.73. The first-order valence-corrected chi connectivity index (χ1v) is 10.2. The summed E-state index contributed by atoms with van der Waals surface area (Å²) in [5, 5.41) is 0. The lowest BCUT2D eigenvalue weighted by molar-refractivity contribution is -0.163. The summed E-state index contributed by atoms with van der Waals surface area (Å²) < 4.78 is 16.6. The van der Waals surface area contributed by atoms with E-state index in [0.29, 0.717) is 19.6 Å². The van der Waals surface area contributed by atoms with E-state index in [-0.39, 0.29) is 18.0 Å². The molecule has 1 saturated carbocycles. The molecular weight excluding hydrogens is 320 g/mol. The van der Waals surface area contributed by atoms with Crippen LogP contribution in [0.3, 0.4) is 0 Å². The smallest absolute Gasteiger partial charge is 0.342 e. The van der Waals surface area contributed by atoms with Gasteiger partial charge in [0.15, 0.2) is 0 Å². The summed E-state index contributed by atoms with van der Waals surface area (Å²) in [6.07, 6.45) is 10.7. The molecular formula is C20H34O5. The summed E-state index contributed by atoms with van der Waals surface area (Å²) in [6, 6.07) is 0. The number of esters is 2. The quantitative estimate of drug-likeness (QED) is 0.299. The molecule has 0 aromatic carbocycles. The van der Waals surface area contributed by atoms with Crippen LogP contribution < -0.4 is 0 Å². The molecule has 1 saturated heterocycles. The Kier molecular flexibility index (Phi) is 8.20. The number of carbonyl (C=O) groups is 2. The van der Waals surface area contributed by atoms with Crippen LogP contribution in [0.4, 0.5) is 0 Å². The Labute approximate surface area is 151 Å². The average molecular weight is 354 g/mol. The van der Waals surface area contributed by atoms with E-state index < -0.39 is 11.5 Å². The van der Waals surface area contributed by atoms with E-state index in [0.717, 1.165) is 64.2 Å². The molecule has 1 aliphatic carbocycles. The van der Waals surface area contributed by atoms with Gasteiger partial charge in [-0.1, -0.05) is 52.4 Å². The number of fused-ring (bicyclic) bond motifs is 1. The number of hydrogen-bond donors (Lipinski definition) is 0. The second-order valence-electron chi connectivity index (χ2n) is 7.31. The molecule has 2 rings (SSSR count). The van der Waals surface area contributed by atoms with E-state index in [1.807, 2.05) is 0 Å². The number of unbranched alkanes of at least 4 members (excludes halogenated alkanes) is 6. The van der Waals surface area contributed by atoms with Crippen molar-refractivity contribution in [2.75, 3.05) is 13.2 Å². The van der Waals surface area contributed by atoms with Crippen LogP contribution in [0.15, 0.2) is 0 Å². The highest BCUT2D eigenvalue weighted by Gasteiger charge is 2.71. The van der Waals surface area contributed by atoms with Crippen molar-refractivity contribution < 1.29 is 23.8 Å². The third-order valence-corrected chi connectivity index (χ3v) is 5.31. The average Bonchev–Trinajstić information content (AvgIpc) is 3.37. The molecule has 3 atom stereocenters. The first kappa shape index (κ1) is 20.2. The molecule has 0 N–H and O–H groups in total. The number of epoxide rings is 1. The van der Waals surface area contributed by atoms with Crippen molar-refractivity contribution in [2.45, 2.75) is 96.2 Å². The predicted molar refractivity (Wildman–Crippen MR) is 95.1 cm³/mol. The van der Waals surface area contributed by atoms with Gasteiger partial charge in [0.2, 0.25) is 5.60 Å². The number of hydrogen-bond acceptors (Lipinski definition) is 5. The second-order valence-corrected chi connectivity index (χ2v) is 7.31. The molecule has 0 amide bonds. The number of rotatable bonds is 12. The Morgan fingerprint density at radius 2 is 1.56 bits per heavy atom. The molecule has 2 fully saturated rings. The zero-order valence-corrected chi connectivity index (χ0v) is 15.9. The third-order valence-electron chi connectivity index (χ3n) is 5.31. The van der Waals surface area contributed by atoms with E-state index >= 15 is 0 Å². The normalized spacial score (nSPS) is 27.4. The van der Waals surface area contributed by atoms with E-state index in [2.05, 4.69) is 13.8 Å². The largest absolute Gasteiger partial charge is 0.465 e. The minimum atomic E-state index is -1.05. The predicted octanol–water partition coefficient (Wildman–Crippen LogP) is 4.17. The lowest BCUT2D eigenvalue weighted by Gasteiger charge is -2.25. The highest BCUT2D eigenvalue weighted by Crippen LogP contribution is 2.52. The summed E-state index contributed by atoms with van der Waals surface area (Å²) in [5.41, 5.74) is -1.05. The van der Waals surface area contributed by atoms with Gasteiger partial charge in [-0.2, -0.15) is 0 Å². The fourth-order valence-corrected chi connectivity index (χ4v) is 3.73. The van der Waals surface area contributed by atoms with Crippen molar-refractivity contribution in [2.24, 2.45) is 5.92 Å². The van der Waals surface area contributed by atoms with E-state index in [1.54, 1.807) is 0 Å². The molecule has 5 heteroatoms. The topological polar surface area (TPSA) is 65.1 Å². The molecule has 0 aromatic rings. The molecule has 0 spiro atoms. The Morgan fingerprint density at radius 1 is 0.920 bits per heavy atom. The van der Waals surface area contributed by atoms with Gasteiger partial charge in [0.25, 0.3) is 0 Å². The maximum atomic E-state index is 12.6. The first-order chi connectivity index (χ1) is 12.2. The lowest BCUT2D eigenvalue weighted by Crippen LogP contribution is -2.44. The zero-order valence-electron chi connectivity index (χ0n) is 15.9. The van der Waals surface area contributed by atoms with Gasteiger partial charge in [-0.25, -0.2) is 4.79 Å². The highest BCUT2D eigenvalue weighted by atomic mass is 16.7. The van der Waals surface area contributed by atoms with Gasteiger partial charge in [-0.05, 0) is 32.1 Å². The van der Waals surface area contributed by atoms with E-state index in [9.17, 15) is 9.59 Å². The van der Waals surface area contributed by atoms with Crippen LogP contribution in [0.1, 0.15) is 84.5 Å². The van der Waals surface area contributed by atoms with Crippen LogP contribution >= 0.6 is 0 Å². The summed E-state index contributed by atoms with van der Waals surface area (Å²) >= 11 is 0. The summed E-state index contributed by atoms with van der Waals surface area (Å²) in [6.45, 7) is 5.14. The maximum Gasteiger partial charge on any atom is 0.342 e. The SMILES string of the molecule is CCCCCCOC(=O)C1CCCC2OC21C(=O)OCCCCCC. The molecule has 1 heterocycles. The van der Waals surface area contributed by atoms with Crippen LogP contribution in [0.25, 0.3) is 0 Å². The minimum absolute atomic E-state index is 0.165. The Morgan fingerprint density at radius 3 is 2.20 bits per heavy atom. The maximum absolute atomic E-state index is 12.6. The van der Waals surface area contributed by atoms with Gasteiger partial charge >= 0.3 is 11.9 Å². The third kappa shape index (κ3) is 5.19. The Balaban J connectivity index is 1.80. The van der Waals surface area contributed by atoms with Crippen LogP contribution in [0.5, 0.6) is 0 Å². The molecule has 25 heavy (non-hydrogen) atoms. The van der Waals surface area contributed by atoms with Gasteiger partial charge in [0.1, 0.15) is 0 Å². The molecule has 5 nitrogen and oxygen atoms in total. The van der Waals surface area contributed by atoms with E-state index in [4.69, 9.17) is 14.2 Å². The van der Waals surface area contributed by atoms with E-state index in [1.165, 1.54) is 0 Å². The summed E-state index contributed by atoms with van der Waals surface area (Å²) in [7, 11) is 0. The number of carbonyl (C=O) groups excluding carboxylic acids is 2. The van der Waals surface area contributed by atoms with Crippen molar-refractivity contribution in [1.82, 2.24) is 0 Å². The summed E-state index contributed by atoms with van der Waals surface area (Å²) in [5.74, 6) is -1.15. The zero-order chi connectivity index (χ0) is 18.1. The van der Waals surface area contributed by atoms with Crippen molar-refractivity contribution in [3.05, 3.63) is 0 Å². The highest BCUT2D eigenvalue weighted by molar-refractivity contribution is 5.91. The van der Waals surface area contributed by atoms with Gasteiger partial charge in [-0.3, -0.25) is 4.79 Å². The lowest BCUT2D eigenvalue weighted by atomic mass is 9.79. The van der Waals surface area contributed by atoms with Gasteiger partial charge < -0.3 is 14.2 Å². The minimum Gasteiger partial charge on any atom is -0.465 e. The Hall–Kier alpha value is -1.10. The van der Waals surface area contributed by atoms with Crippen molar-refractivity contribution in [3.63, 3.8) is 0 Å². The Bertz CT molecular complexity index is 436. The molecule has 2 aliphatic rings. The molecule has 3 unspecified atom stereocenters. The van der Waals surface area contributed by atoms with Crippen molar-refractivity contribution in [3.8, 4) is 0 Å². The molecule has 0 radical (unpaired) electrons. The van der Waals surface area contributed by atoms with Crippen LogP contribution in [0.2, 0.25) is 0 Å². The van der Waals surface area contributed by atoms with Crippen molar-refractivity contribution in [1.29, 1.82) is 0 Å². The van der Waals surface area contributed by atoms with Crippen LogP contribution in [-0.4, -0.2) is 36.9 Å². The van der Waals surface area contributed by atoms with Gasteiger partial charge in [0, 0.05) is 0 Å². The standard InChI is InChI=1S/C20H34O5/c1-3-5-7-9-14-23-18(21)16-12-11-13-17-20(16,25-17)19(22)24-15-10-8-6-4-2/h16-17H,3-15H2,1-2H3. The fraction of sp³-hybridized carbons (Fsp3) is 0.900. The van der Waals surface area contributed by atoms with Gasteiger partial charge in [0.05, 0.1) is 25.2 Å². The number of ether oxygens (including phenoxy) is 3.